The van der Waals surface area contributed by atoms with Gasteiger partial charge < -0.3 is 20.3 Å². The molecule has 0 bridgehead atoms. The topological polar surface area (TPSA) is 66.0 Å². The molecule has 0 fully saturated rings. The summed E-state index contributed by atoms with van der Waals surface area (Å²) in [6.07, 6.45) is 0.713. The van der Waals surface area contributed by atoms with Gasteiger partial charge in [0.05, 0.1) is 20.2 Å². The number of hydrogen-bond donors (Lipinski definition) is 2. The van der Waals surface area contributed by atoms with Gasteiger partial charge in [-0.3, -0.25) is 4.79 Å². The predicted molar refractivity (Wildman–Crippen MR) is 109 cm³/mol. The smallest absolute Gasteiger partial charge is 0.241 e. The molecule has 7 heteroatoms. The normalized spacial score (nSPS) is 11.1. The third-order valence-electron chi connectivity index (χ3n) is 4.10. The van der Waals surface area contributed by atoms with Crippen molar-refractivity contribution in [1.29, 1.82) is 0 Å². The zero-order valence-corrected chi connectivity index (χ0v) is 16.5. The van der Waals surface area contributed by atoms with Crippen LogP contribution < -0.4 is 15.4 Å². The van der Waals surface area contributed by atoms with Crippen molar-refractivity contribution in [3.63, 3.8) is 0 Å². The minimum absolute atomic E-state index is 0.0440. The molecule has 150 valence electrons. The van der Waals surface area contributed by atoms with E-state index in [4.69, 9.17) is 4.74 Å². The van der Waals surface area contributed by atoms with Crippen LogP contribution in [0.4, 0.5) is 4.39 Å². The summed E-state index contributed by atoms with van der Waals surface area (Å²) >= 11 is 0. The largest absolute Gasteiger partial charge is 0.497 e. The molecule has 0 saturated heterocycles. The summed E-state index contributed by atoms with van der Waals surface area (Å²) in [4.78, 5) is 17.9. The van der Waals surface area contributed by atoms with Gasteiger partial charge in [0, 0.05) is 20.6 Å². The van der Waals surface area contributed by atoms with E-state index >= 15 is 0 Å². The number of rotatable bonds is 8. The lowest BCUT2D eigenvalue weighted by atomic mass is 10.1. The number of nitrogens with zero attached hydrogens (tertiary/aromatic N) is 2. The average molecular weight is 386 g/mol. The Bertz CT molecular complexity index is 774. The number of carbonyl (C=O) groups excluding carboxylic acids is 1. The van der Waals surface area contributed by atoms with Crippen molar-refractivity contribution in [2.24, 2.45) is 4.99 Å². The number of halogens is 1. The number of amides is 1. The zero-order chi connectivity index (χ0) is 20.4. The fourth-order valence-electron chi connectivity index (χ4n) is 2.37. The molecule has 0 saturated carbocycles. The molecular formula is C21H27FN4O2. The number of likely N-dealkylation sites (N-methyl/N-ethyl adjacent to an activating group) is 1. The molecule has 6 nitrogen and oxygen atoms in total. The molecule has 2 rings (SSSR count). The summed E-state index contributed by atoms with van der Waals surface area (Å²) in [7, 11) is 5.04. The van der Waals surface area contributed by atoms with E-state index in [2.05, 4.69) is 15.6 Å². The molecule has 0 aliphatic heterocycles. The van der Waals surface area contributed by atoms with Gasteiger partial charge in [0.25, 0.3) is 0 Å². The molecule has 2 aromatic carbocycles. The maximum Gasteiger partial charge on any atom is 0.241 e. The Hall–Kier alpha value is -3.09. The average Bonchev–Trinajstić information content (AvgIpc) is 2.71. The Morgan fingerprint density at radius 1 is 1.04 bits per heavy atom. The van der Waals surface area contributed by atoms with Crippen molar-refractivity contribution in [1.82, 2.24) is 15.5 Å². The molecule has 1 amide bonds. The number of hydrogen-bond acceptors (Lipinski definition) is 3. The van der Waals surface area contributed by atoms with Gasteiger partial charge in [-0.25, -0.2) is 9.38 Å². The maximum atomic E-state index is 13.0. The SMILES string of the molecule is COc1ccc(CN=C(NCCc2ccc(F)cc2)NCC(=O)N(C)C)cc1. The number of benzene rings is 2. The van der Waals surface area contributed by atoms with Crippen LogP contribution in [0.25, 0.3) is 0 Å². The Labute approximate surface area is 165 Å². The summed E-state index contributed by atoms with van der Waals surface area (Å²) in [6.45, 7) is 1.22. The van der Waals surface area contributed by atoms with Gasteiger partial charge in [-0.05, 0) is 41.8 Å². The van der Waals surface area contributed by atoms with Crippen LogP contribution in [-0.2, 0) is 17.8 Å². The van der Waals surface area contributed by atoms with Crippen LogP contribution in [0.1, 0.15) is 11.1 Å². The highest BCUT2D eigenvalue weighted by Crippen LogP contribution is 2.11. The predicted octanol–water partition coefficient (Wildman–Crippen LogP) is 2.20. The molecule has 2 N–H and O–H groups in total. The highest BCUT2D eigenvalue weighted by molar-refractivity contribution is 5.86. The van der Waals surface area contributed by atoms with E-state index in [-0.39, 0.29) is 18.3 Å². The minimum atomic E-state index is -0.248. The van der Waals surface area contributed by atoms with Crippen molar-refractivity contribution in [2.75, 3.05) is 34.3 Å². The number of ether oxygens (including phenoxy) is 1. The first-order chi connectivity index (χ1) is 13.5. The monoisotopic (exact) mass is 386 g/mol. The number of nitrogens with one attached hydrogen (secondary N) is 2. The highest BCUT2D eigenvalue weighted by Gasteiger charge is 2.06. The second-order valence-corrected chi connectivity index (χ2v) is 6.46. The molecule has 0 aromatic heterocycles. The van der Waals surface area contributed by atoms with Crippen LogP contribution in [0.2, 0.25) is 0 Å². The van der Waals surface area contributed by atoms with E-state index < -0.39 is 0 Å². The van der Waals surface area contributed by atoms with Crippen LogP contribution in [0, 0.1) is 5.82 Å². The van der Waals surface area contributed by atoms with E-state index in [0.29, 0.717) is 25.5 Å². The lowest BCUT2D eigenvalue weighted by molar-refractivity contribution is -0.127. The van der Waals surface area contributed by atoms with Gasteiger partial charge in [-0.1, -0.05) is 24.3 Å². The van der Waals surface area contributed by atoms with E-state index in [1.165, 1.54) is 17.0 Å². The van der Waals surface area contributed by atoms with Gasteiger partial charge in [-0.15, -0.1) is 0 Å². The molecule has 0 aliphatic rings. The molecule has 0 heterocycles. The number of carbonyl (C=O) groups is 1. The first-order valence-electron chi connectivity index (χ1n) is 9.07. The molecule has 0 aliphatic carbocycles. The fraction of sp³-hybridized carbons (Fsp3) is 0.333. The van der Waals surface area contributed by atoms with Gasteiger partial charge in [0.1, 0.15) is 11.6 Å². The Kier molecular flexibility index (Phi) is 8.27. The highest BCUT2D eigenvalue weighted by atomic mass is 19.1. The van der Waals surface area contributed by atoms with Gasteiger partial charge in [0.2, 0.25) is 5.91 Å². The van der Waals surface area contributed by atoms with Gasteiger partial charge >= 0.3 is 0 Å². The van der Waals surface area contributed by atoms with Crippen molar-refractivity contribution < 1.29 is 13.9 Å². The second-order valence-electron chi connectivity index (χ2n) is 6.46. The fourth-order valence-corrected chi connectivity index (χ4v) is 2.37. The van der Waals surface area contributed by atoms with Gasteiger partial charge in [0.15, 0.2) is 5.96 Å². The quantitative estimate of drug-likeness (QED) is 0.539. The maximum absolute atomic E-state index is 13.0. The van der Waals surface area contributed by atoms with Gasteiger partial charge in [-0.2, -0.15) is 0 Å². The van der Waals surface area contributed by atoms with Crippen LogP contribution >= 0.6 is 0 Å². The number of guanidine groups is 1. The minimum Gasteiger partial charge on any atom is -0.497 e. The summed E-state index contributed by atoms with van der Waals surface area (Å²) in [5.41, 5.74) is 2.05. The standard InChI is InChI=1S/C21H27FN4O2/c1-26(2)20(27)15-25-21(23-13-12-16-4-8-18(22)9-5-16)24-14-17-6-10-19(28-3)11-7-17/h4-11H,12-15H2,1-3H3,(H2,23,24,25). The Morgan fingerprint density at radius 2 is 1.68 bits per heavy atom. The summed E-state index contributed by atoms with van der Waals surface area (Å²) < 4.78 is 18.2. The van der Waals surface area contributed by atoms with E-state index in [0.717, 1.165) is 16.9 Å². The number of aliphatic imine (C=N–C) groups is 1. The molecule has 0 spiro atoms. The molecule has 0 unspecified atom stereocenters. The van der Waals surface area contributed by atoms with E-state index in [1.807, 2.05) is 24.3 Å². The molecule has 28 heavy (non-hydrogen) atoms. The molecular weight excluding hydrogens is 359 g/mol. The lowest BCUT2D eigenvalue weighted by Crippen LogP contribution is -2.43. The molecule has 0 radical (unpaired) electrons. The summed E-state index contributed by atoms with van der Waals surface area (Å²) in [5, 5.41) is 6.27. The van der Waals surface area contributed by atoms with Crippen LogP contribution in [0.15, 0.2) is 53.5 Å². The molecule has 2 aromatic rings. The van der Waals surface area contributed by atoms with E-state index in [9.17, 15) is 9.18 Å². The van der Waals surface area contributed by atoms with Crippen molar-refractivity contribution in [3.05, 3.63) is 65.5 Å². The van der Waals surface area contributed by atoms with Crippen LogP contribution in [0.3, 0.4) is 0 Å². The lowest BCUT2D eigenvalue weighted by Gasteiger charge is -2.15. The third-order valence-corrected chi connectivity index (χ3v) is 4.10. The first-order valence-corrected chi connectivity index (χ1v) is 9.07. The summed E-state index contributed by atoms with van der Waals surface area (Å²) in [6, 6.07) is 14.1. The summed E-state index contributed by atoms with van der Waals surface area (Å²) in [5.74, 6) is 1.05. The Balaban J connectivity index is 1.95. The van der Waals surface area contributed by atoms with Crippen LogP contribution in [-0.4, -0.2) is 51.1 Å². The van der Waals surface area contributed by atoms with Crippen molar-refractivity contribution in [3.8, 4) is 5.75 Å². The Morgan fingerprint density at radius 3 is 2.29 bits per heavy atom. The van der Waals surface area contributed by atoms with Crippen molar-refractivity contribution >= 4 is 11.9 Å². The van der Waals surface area contributed by atoms with Crippen molar-refractivity contribution in [2.45, 2.75) is 13.0 Å². The zero-order valence-electron chi connectivity index (χ0n) is 16.5. The second kappa shape index (κ2) is 10.9. The number of methoxy groups -OCH3 is 1. The van der Waals surface area contributed by atoms with E-state index in [1.54, 1.807) is 33.3 Å². The first kappa shape index (κ1) is 21.2. The molecule has 0 atom stereocenters. The van der Waals surface area contributed by atoms with Crippen LogP contribution in [0.5, 0.6) is 5.75 Å². The third kappa shape index (κ3) is 7.26.